The van der Waals surface area contributed by atoms with Gasteiger partial charge in [0.25, 0.3) is 0 Å². The number of anilines is 2. The van der Waals surface area contributed by atoms with E-state index in [0.29, 0.717) is 24.8 Å². The summed E-state index contributed by atoms with van der Waals surface area (Å²) in [6.07, 6.45) is 5.58. The van der Waals surface area contributed by atoms with Gasteiger partial charge in [-0.2, -0.15) is 9.78 Å². The van der Waals surface area contributed by atoms with Crippen LogP contribution < -0.4 is 19.5 Å². The molecule has 9 heteroatoms. The molecule has 4 aromatic rings. The van der Waals surface area contributed by atoms with Crippen LogP contribution in [-0.4, -0.2) is 46.8 Å². The highest BCUT2D eigenvalue weighted by Gasteiger charge is 2.20. The number of benzene rings is 2. The minimum absolute atomic E-state index is 0.471. The van der Waals surface area contributed by atoms with Gasteiger partial charge in [0.15, 0.2) is 11.5 Å². The van der Waals surface area contributed by atoms with Crippen molar-refractivity contribution in [3.05, 3.63) is 78.1 Å². The van der Waals surface area contributed by atoms with Gasteiger partial charge in [-0.25, -0.2) is 9.78 Å². The van der Waals surface area contributed by atoms with Gasteiger partial charge >= 0.3 is 6.09 Å². The third-order valence-electron chi connectivity index (χ3n) is 6.25. The molecule has 9 nitrogen and oxygen atoms in total. The number of carbonyl (C=O) groups excluding carboxylic acids is 1. The fourth-order valence-corrected chi connectivity index (χ4v) is 4.47. The van der Waals surface area contributed by atoms with E-state index in [0.717, 1.165) is 53.2 Å². The topological polar surface area (TPSA) is 96.7 Å². The second-order valence-corrected chi connectivity index (χ2v) is 10.5. The van der Waals surface area contributed by atoms with E-state index in [2.05, 4.69) is 22.5 Å². The second kappa shape index (κ2) is 11.7. The molecule has 1 aliphatic heterocycles. The summed E-state index contributed by atoms with van der Waals surface area (Å²) in [6, 6.07) is 18.0. The number of aromatic nitrogens is 3. The first-order valence-corrected chi connectivity index (χ1v) is 13.4. The maximum atomic E-state index is 12.2. The third-order valence-corrected chi connectivity index (χ3v) is 6.25. The van der Waals surface area contributed by atoms with Gasteiger partial charge in [-0.05, 0) is 87.6 Å². The summed E-state index contributed by atoms with van der Waals surface area (Å²) in [5.74, 6) is 1.91. The SMILES string of the molecule is COc1nc(-c2cccc3c2OCCO3)ccc1Nc1cccc(CCCc2cnn(C(=O)OC(C)(C)C)c2)c1. The molecule has 0 fully saturated rings. The molecule has 0 atom stereocenters. The largest absolute Gasteiger partial charge is 0.486 e. The maximum Gasteiger partial charge on any atom is 0.435 e. The van der Waals surface area contributed by atoms with Gasteiger partial charge in [0.2, 0.25) is 5.88 Å². The first-order chi connectivity index (χ1) is 19.3. The van der Waals surface area contributed by atoms with Crippen LogP contribution in [0, 0.1) is 0 Å². The predicted octanol–water partition coefficient (Wildman–Crippen LogP) is 6.43. The standard InChI is InChI=1S/C31H34N4O5/c1-31(2,3)40-30(36)35-20-22(19-32-35)10-5-8-21-9-6-11-23(18-21)33-26-15-14-25(34-29(26)37-4)24-12-7-13-27-28(24)39-17-16-38-27/h6-7,9,11-15,18-20,33H,5,8,10,16-17H2,1-4H3. The Labute approximate surface area is 234 Å². The molecule has 0 aliphatic carbocycles. The highest BCUT2D eigenvalue weighted by molar-refractivity contribution is 5.75. The fourth-order valence-electron chi connectivity index (χ4n) is 4.47. The highest BCUT2D eigenvalue weighted by Crippen LogP contribution is 2.40. The van der Waals surface area contributed by atoms with Crippen molar-refractivity contribution in [1.29, 1.82) is 0 Å². The number of ether oxygens (including phenoxy) is 4. The lowest BCUT2D eigenvalue weighted by Gasteiger charge is -2.21. The van der Waals surface area contributed by atoms with Crippen molar-refractivity contribution in [2.45, 2.75) is 45.6 Å². The van der Waals surface area contributed by atoms with Crippen LogP contribution in [0.25, 0.3) is 11.3 Å². The summed E-state index contributed by atoms with van der Waals surface area (Å²) in [5, 5.41) is 7.59. The van der Waals surface area contributed by atoms with E-state index in [1.807, 2.05) is 63.2 Å². The van der Waals surface area contributed by atoms with E-state index in [1.165, 1.54) is 10.2 Å². The molecule has 0 radical (unpaired) electrons. The highest BCUT2D eigenvalue weighted by atomic mass is 16.6. The average molecular weight is 543 g/mol. The fraction of sp³-hybridized carbons (Fsp3) is 0.323. The molecule has 0 bridgehead atoms. The van der Waals surface area contributed by atoms with E-state index < -0.39 is 11.7 Å². The van der Waals surface area contributed by atoms with Crippen LogP contribution >= 0.6 is 0 Å². The molecular formula is C31H34N4O5. The number of nitrogens with one attached hydrogen (secondary N) is 1. The van der Waals surface area contributed by atoms with Crippen LogP contribution in [0.3, 0.4) is 0 Å². The van der Waals surface area contributed by atoms with Crippen LogP contribution in [-0.2, 0) is 17.6 Å². The van der Waals surface area contributed by atoms with Crippen molar-refractivity contribution in [3.63, 3.8) is 0 Å². The number of para-hydroxylation sites is 1. The van der Waals surface area contributed by atoms with Gasteiger partial charge in [-0.15, -0.1) is 0 Å². The van der Waals surface area contributed by atoms with Crippen LogP contribution in [0.4, 0.5) is 16.2 Å². The number of pyridine rings is 1. The van der Waals surface area contributed by atoms with E-state index in [-0.39, 0.29) is 0 Å². The molecule has 1 aliphatic rings. The molecule has 2 aromatic carbocycles. The van der Waals surface area contributed by atoms with Crippen molar-refractivity contribution >= 4 is 17.5 Å². The lowest BCUT2D eigenvalue weighted by atomic mass is 10.1. The second-order valence-electron chi connectivity index (χ2n) is 10.5. The summed E-state index contributed by atoms with van der Waals surface area (Å²) in [4.78, 5) is 16.9. The van der Waals surface area contributed by atoms with E-state index >= 15 is 0 Å². The zero-order valence-corrected chi connectivity index (χ0v) is 23.3. The number of carbonyl (C=O) groups is 1. The molecule has 208 valence electrons. The number of nitrogens with zero attached hydrogens (tertiary/aromatic N) is 3. The first-order valence-electron chi connectivity index (χ1n) is 13.4. The summed E-state index contributed by atoms with van der Waals surface area (Å²) in [5.41, 5.74) is 4.94. The summed E-state index contributed by atoms with van der Waals surface area (Å²) >= 11 is 0. The van der Waals surface area contributed by atoms with Crippen molar-refractivity contribution in [2.75, 3.05) is 25.6 Å². The third kappa shape index (κ3) is 6.54. The molecule has 0 unspecified atom stereocenters. The Kier molecular flexibility index (Phi) is 7.91. The Morgan fingerprint density at radius 3 is 2.65 bits per heavy atom. The molecule has 2 aromatic heterocycles. The zero-order valence-electron chi connectivity index (χ0n) is 23.3. The molecule has 0 amide bonds. The number of hydrogen-bond acceptors (Lipinski definition) is 8. The molecule has 0 saturated heterocycles. The maximum absolute atomic E-state index is 12.2. The van der Waals surface area contributed by atoms with Gasteiger partial charge < -0.3 is 24.3 Å². The zero-order chi connectivity index (χ0) is 28.1. The summed E-state index contributed by atoms with van der Waals surface area (Å²) in [6.45, 7) is 6.55. The lowest BCUT2D eigenvalue weighted by Crippen LogP contribution is -2.27. The normalized spacial score (nSPS) is 12.6. The van der Waals surface area contributed by atoms with Crippen LogP contribution in [0.5, 0.6) is 17.4 Å². The molecule has 0 saturated carbocycles. The number of hydrogen-bond donors (Lipinski definition) is 1. The van der Waals surface area contributed by atoms with Crippen LogP contribution in [0.1, 0.15) is 38.3 Å². The number of rotatable bonds is 8. The summed E-state index contributed by atoms with van der Waals surface area (Å²) < 4.78 is 23.8. The quantitative estimate of drug-likeness (QED) is 0.272. The summed E-state index contributed by atoms with van der Waals surface area (Å²) in [7, 11) is 1.61. The van der Waals surface area contributed by atoms with Crippen molar-refractivity contribution in [2.24, 2.45) is 0 Å². The van der Waals surface area contributed by atoms with Crippen LogP contribution in [0.15, 0.2) is 67.0 Å². The monoisotopic (exact) mass is 542 g/mol. The van der Waals surface area contributed by atoms with Crippen molar-refractivity contribution < 1.29 is 23.7 Å². The predicted molar refractivity (Wildman–Crippen MR) is 153 cm³/mol. The minimum Gasteiger partial charge on any atom is -0.486 e. The Morgan fingerprint density at radius 2 is 1.82 bits per heavy atom. The van der Waals surface area contributed by atoms with E-state index in [1.54, 1.807) is 19.5 Å². The van der Waals surface area contributed by atoms with Crippen LogP contribution in [0.2, 0.25) is 0 Å². The van der Waals surface area contributed by atoms with Gasteiger partial charge in [-0.1, -0.05) is 18.2 Å². The van der Waals surface area contributed by atoms with E-state index in [4.69, 9.17) is 23.9 Å². The Hall–Kier alpha value is -4.53. The Balaban J connectivity index is 1.22. The number of methoxy groups -OCH3 is 1. The van der Waals surface area contributed by atoms with Gasteiger partial charge in [-0.3, -0.25) is 0 Å². The lowest BCUT2D eigenvalue weighted by molar-refractivity contribution is 0.0514. The van der Waals surface area contributed by atoms with Gasteiger partial charge in [0.1, 0.15) is 24.5 Å². The van der Waals surface area contributed by atoms with Gasteiger partial charge in [0, 0.05) is 17.4 Å². The molecular weight excluding hydrogens is 508 g/mol. The average Bonchev–Trinajstić information content (AvgIpc) is 3.42. The molecule has 5 rings (SSSR count). The molecule has 0 spiro atoms. The van der Waals surface area contributed by atoms with Crippen molar-refractivity contribution in [3.8, 4) is 28.6 Å². The Morgan fingerprint density at radius 1 is 1.02 bits per heavy atom. The Bertz CT molecular complexity index is 1490. The minimum atomic E-state index is -0.559. The molecule has 1 N–H and O–H groups in total. The number of aryl methyl sites for hydroxylation is 2. The van der Waals surface area contributed by atoms with Gasteiger partial charge in [0.05, 0.1) is 19.0 Å². The van der Waals surface area contributed by atoms with E-state index in [9.17, 15) is 4.79 Å². The van der Waals surface area contributed by atoms with Crippen molar-refractivity contribution in [1.82, 2.24) is 14.8 Å². The molecule has 40 heavy (non-hydrogen) atoms. The first kappa shape index (κ1) is 27.1. The molecule has 3 heterocycles. The number of fused-ring (bicyclic) bond motifs is 1. The smallest absolute Gasteiger partial charge is 0.435 e.